The van der Waals surface area contributed by atoms with Crippen LogP contribution in [0.2, 0.25) is 0 Å². The van der Waals surface area contributed by atoms with Crippen LogP contribution in [0.4, 0.5) is 0 Å². The van der Waals surface area contributed by atoms with E-state index in [2.05, 4.69) is 22.4 Å². The minimum atomic E-state index is -0.0768. The van der Waals surface area contributed by atoms with Crippen LogP contribution in [-0.2, 0) is 6.42 Å². The monoisotopic (exact) mass is 356 g/mol. The smallest absolute Gasteiger partial charge is 0.251 e. The zero-order chi connectivity index (χ0) is 18.6. The zero-order valence-electron chi connectivity index (χ0n) is 14.8. The SMILES string of the molecule is O=C(NCCc1c[nH]c2cc(O)ccc12)c1ccc(-c2ccccc2)cc1. The van der Waals surface area contributed by atoms with Crippen molar-refractivity contribution in [3.8, 4) is 16.9 Å². The van der Waals surface area contributed by atoms with Crippen molar-refractivity contribution in [3.05, 3.63) is 90.1 Å². The predicted molar refractivity (Wildman–Crippen MR) is 108 cm³/mol. The van der Waals surface area contributed by atoms with Crippen molar-refractivity contribution < 1.29 is 9.90 Å². The second-order valence-electron chi connectivity index (χ2n) is 6.49. The summed E-state index contributed by atoms with van der Waals surface area (Å²) in [5.74, 6) is 0.162. The fourth-order valence-electron chi connectivity index (χ4n) is 3.24. The first kappa shape index (κ1) is 16.9. The van der Waals surface area contributed by atoms with Crippen molar-refractivity contribution in [2.24, 2.45) is 0 Å². The van der Waals surface area contributed by atoms with Gasteiger partial charge in [-0.1, -0.05) is 42.5 Å². The third-order valence-corrected chi connectivity index (χ3v) is 4.69. The lowest BCUT2D eigenvalue weighted by molar-refractivity contribution is 0.0954. The van der Waals surface area contributed by atoms with E-state index in [0.717, 1.165) is 34.0 Å². The largest absolute Gasteiger partial charge is 0.508 e. The number of amides is 1. The van der Waals surface area contributed by atoms with E-state index in [-0.39, 0.29) is 11.7 Å². The summed E-state index contributed by atoms with van der Waals surface area (Å²) >= 11 is 0. The fraction of sp³-hybridized carbons (Fsp3) is 0.0870. The second kappa shape index (κ2) is 7.38. The van der Waals surface area contributed by atoms with E-state index in [1.165, 1.54) is 0 Å². The predicted octanol–water partition coefficient (Wildman–Crippen LogP) is 4.51. The number of aromatic hydroxyl groups is 1. The topological polar surface area (TPSA) is 65.1 Å². The Morgan fingerprint density at radius 3 is 2.44 bits per heavy atom. The first-order valence-corrected chi connectivity index (χ1v) is 8.93. The summed E-state index contributed by atoms with van der Waals surface area (Å²) in [4.78, 5) is 15.5. The lowest BCUT2D eigenvalue weighted by Crippen LogP contribution is -2.25. The van der Waals surface area contributed by atoms with Crippen LogP contribution in [0.15, 0.2) is 79.0 Å². The number of fused-ring (bicyclic) bond motifs is 1. The molecule has 4 nitrogen and oxygen atoms in total. The van der Waals surface area contributed by atoms with Crippen LogP contribution in [0.3, 0.4) is 0 Å². The number of hydrogen-bond donors (Lipinski definition) is 3. The van der Waals surface area contributed by atoms with Crippen LogP contribution >= 0.6 is 0 Å². The lowest BCUT2D eigenvalue weighted by Gasteiger charge is -2.06. The average molecular weight is 356 g/mol. The summed E-state index contributed by atoms with van der Waals surface area (Å²) in [6.45, 7) is 0.549. The van der Waals surface area contributed by atoms with E-state index < -0.39 is 0 Å². The van der Waals surface area contributed by atoms with Crippen molar-refractivity contribution in [1.29, 1.82) is 0 Å². The first-order valence-electron chi connectivity index (χ1n) is 8.93. The minimum Gasteiger partial charge on any atom is -0.508 e. The number of aromatic amines is 1. The number of H-pyrrole nitrogens is 1. The molecule has 3 N–H and O–H groups in total. The van der Waals surface area contributed by atoms with Gasteiger partial charge in [-0.05, 0) is 47.4 Å². The first-order chi connectivity index (χ1) is 13.2. The third kappa shape index (κ3) is 3.70. The molecule has 0 saturated heterocycles. The highest BCUT2D eigenvalue weighted by molar-refractivity contribution is 5.94. The third-order valence-electron chi connectivity index (χ3n) is 4.69. The molecule has 0 bridgehead atoms. The van der Waals surface area contributed by atoms with E-state index in [0.29, 0.717) is 12.1 Å². The van der Waals surface area contributed by atoms with Gasteiger partial charge < -0.3 is 15.4 Å². The van der Waals surface area contributed by atoms with Gasteiger partial charge in [0.1, 0.15) is 5.75 Å². The highest BCUT2D eigenvalue weighted by Gasteiger charge is 2.08. The highest BCUT2D eigenvalue weighted by Crippen LogP contribution is 2.23. The number of nitrogens with one attached hydrogen (secondary N) is 2. The maximum absolute atomic E-state index is 12.4. The van der Waals surface area contributed by atoms with Gasteiger partial charge in [-0.3, -0.25) is 4.79 Å². The van der Waals surface area contributed by atoms with Crippen molar-refractivity contribution in [3.63, 3.8) is 0 Å². The van der Waals surface area contributed by atoms with Crippen molar-refractivity contribution in [1.82, 2.24) is 10.3 Å². The molecule has 4 heteroatoms. The summed E-state index contributed by atoms with van der Waals surface area (Å²) < 4.78 is 0. The molecule has 0 aliphatic heterocycles. The quantitative estimate of drug-likeness (QED) is 0.492. The summed E-state index contributed by atoms with van der Waals surface area (Å²) in [5.41, 5.74) is 4.89. The zero-order valence-corrected chi connectivity index (χ0v) is 14.8. The maximum atomic E-state index is 12.4. The van der Waals surface area contributed by atoms with Gasteiger partial charge in [0, 0.05) is 35.3 Å². The van der Waals surface area contributed by atoms with Gasteiger partial charge in [-0.2, -0.15) is 0 Å². The number of rotatable bonds is 5. The van der Waals surface area contributed by atoms with Crippen LogP contribution in [0.5, 0.6) is 5.75 Å². The van der Waals surface area contributed by atoms with E-state index in [1.807, 2.05) is 54.7 Å². The molecule has 1 heterocycles. The summed E-state index contributed by atoms with van der Waals surface area (Å²) in [6, 6.07) is 23.0. The lowest BCUT2D eigenvalue weighted by atomic mass is 10.0. The number of hydrogen-bond acceptors (Lipinski definition) is 2. The molecule has 3 aromatic carbocycles. The second-order valence-corrected chi connectivity index (χ2v) is 6.49. The van der Waals surface area contributed by atoms with Crippen molar-refractivity contribution in [2.75, 3.05) is 6.54 Å². The molecule has 134 valence electrons. The molecule has 0 aliphatic carbocycles. The molecule has 0 spiro atoms. The molecule has 0 atom stereocenters. The molecule has 4 rings (SSSR count). The van der Waals surface area contributed by atoms with Gasteiger partial charge in [-0.25, -0.2) is 0 Å². The van der Waals surface area contributed by atoms with Crippen molar-refractivity contribution >= 4 is 16.8 Å². The fourth-order valence-corrected chi connectivity index (χ4v) is 3.24. The molecule has 0 aliphatic rings. The Labute approximate surface area is 157 Å². The summed E-state index contributed by atoms with van der Waals surface area (Å²) in [7, 11) is 0. The van der Waals surface area contributed by atoms with Gasteiger partial charge in [0.25, 0.3) is 5.91 Å². The van der Waals surface area contributed by atoms with Crippen LogP contribution < -0.4 is 5.32 Å². The number of phenolic OH excluding ortho intramolecular Hbond substituents is 1. The maximum Gasteiger partial charge on any atom is 0.251 e. The molecular formula is C23H20N2O2. The highest BCUT2D eigenvalue weighted by atomic mass is 16.3. The number of benzene rings is 3. The summed E-state index contributed by atoms with van der Waals surface area (Å²) in [5, 5.41) is 13.6. The number of carbonyl (C=O) groups is 1. The Kier molecular flexibility index (Phi) is 4.62. The number of carbonyl (C=O) groups excluding carboxylic acids is 1. The number of phenols is 1. The van der Waals surface area contributed by atoms with Gasteiger partial charge in [0.05, 0.1) is 0 Å². The van der Waals surface area contributed by atoms with E-state index in [4.69, 9.17) is 0 Å². The van der Waals surface area contributed by atoms with Gasteiger partial charge >= 0.3 is 0 Å². The Bertz CT molecular complexity index is 1070. The minimum absolute atomic E-state index is 0.0768. The molecule has 0 radical (unpaired) electrons. The standard InChI is InChI=1S/C23H20N2O2/c26-20-10-11-21-19(15-25-22(21)14-20)12-13-24-23(27)18-8-6-17(7-9-18)16-4-2-1-3-5-16/h1-11,14-15,25-26H,12-13H2,(H,24,27). The molecule has 0 fully saturated rings. The molecule has 1 amide bonds. The van der Waals surface area contributed by atoms with Gasteiger partial charge in [-0.15, -0.1) is 0 Å². The Morgan fingerprint density at radius 1 is 0.926 bits per heavy atom. The Hall–Kier alpha value is -3.53. The van der Waals surface area contributed by atoms with Crippen LogP contribution in [-0.4, -0.2) is 22.5 Å². The molecule has 27 heavy (non-hydrogen) atoms. The molecule has 4 aromatic rings. The average Bonchev–Trinajstić information content (AvgIpc) is 3.10. The Balaban J connectivity index is 1.37. The van der Waals surface area contributed by atoms with Gasteiger partial charge in [0.2, 0.25) is 0 Å². The molecule has 0 saturated carbocycles. The van der Waals surface area contributed by atoms with E-state index in [9.17, 15) is 9.90 Å². The normalized spacial score (nSPS) is 10.8. The van der Waals surface area contributed by atoms with Crippen LogP contribution in [0, 0.1) is 0 Å². The van der Waals surface area contributed by atoms with E-state index in [1.54, 1.807) is 12.1 Å². The molecule has 0 unspecified atom stereocenters. The van der Waals surface area contributed by atoms with Gasteiger partial charge in [0.15, 0.2) is 0 Å². The van der Waals surface area contributed by atoms with Crippen molar-refractivity contribution in [2.45, 2.75) is 6.42 Å². The van der Waals surface area contributed by atoms with Crippen LogP contribution in [0.25, 0.3) is 22.0 Å². The van der Waals surface area contributed by atoms with E-state index >= 15 is 0 Å². The molecular weight excluding hydrogens is 336 g/mol. The number of aromatic nitrogens is 1. The molecule has 1 aromatic heterocycles. The Morgan fingerprint density at radius 2 is 1.67 bits per heavy atom. The van der Waals surface area contributed by atoms with Crippen LogP contribution in [0.1, 0.15) is 15.9 Å². The summed E-state index contributed by atoms with van der Waals surface area (Å²) in [6.07, 6.45) is 2.64.